The van der Waals surface area contributed by atoms with Gasteiger partial charge < -0.3 is 10.1 Å². The van der Waals surface area contributed by atoms with E-state index in [0.717, 1.165) is 48.4 Å². The summed E-state index contributed by atoms with van der Waals surface area (Å²) in [6.07, 6.45) is 5.41. The zero-order valence-electron chi connectivity index (χ0n) is 29.4. The van der Waals surface area contributed by atoms with Gasteiger partial charge in [0.25, 0.3) is 0 Å². The molecule has 0 amide bonds. The van der Waals surface area contributed by atoms with Gasteiger partial charge in [-0.15, -0.1) is 0 Å². The van der Waals surface area contributed by atoms with Gasteiger partial charge in [0.1, 0.15) is 17.6 Å². The van der Waals surface area contributed by atoms with Crippen LogP contribution in [0.4, 0.5) is 14.6 Å². The monoisotopic (exact) mass is 707 g/mol. The summed E-state index contributed by atoms with van der Waals surface area (Å²) >= 11 is 0. The third-order valence-electron chi connectivity index (χ3n) is 11.7. The Labute approximate surface area is 307 Å². The van der Waals surface area contributed by atoms with Gasteiger partial charge in [-0.3, -0.25) is 14.8 Å². The summed E-state index contributed by atoms with van der Waals surface area (Å²) in [5, 5.41) is 13.6. The summed E-state index contributed by atoms with van der Waals surface area (Å²) in [4.78, 5) is 27.6. The lowest BCUT2D eigenvalue weighted by Crippen LogP contribution is -2.52. The molecule has 3 aromatic carbocycles. The van der Waals surface area contributed by atoms with Gasteiger partial charge in [-0.2, -0.15) is 5.26 Å². The number of carbonyl (C=O) groups is 1. The molecule has 3 saturated carbocycles. The van der Waals surface area contributed by atoms with Gasteiger partial charge in [0.05, 0.1) is 41.6 Å². The van der Waals surface area contributed by atoms with E-state index in [1.54, 1.807) is 0 Å². The van der Waals surface area contributed by atoms with Gasteiger partial charge in [0.15, 0.2) is 11.6 Å². The minimum Gasteiger partial charge on any atom is -0.469 e. The molecule has 3 atom stereocenters. The smallest absolute Gasteiger partial charge is 0.311 e. The predicted molar refractivity (Wildman–Crippen MR) is 199 cm³/mol. The van der Waals surface area contributed by atoms with Crippen molar-refractivity contribution in [3.05, 3.63) is 160 Å². The topological polar surface area (TPSA) is 100 Å². The molecule has 3 unspecified atom stereocenters. The van der Waals surface area contributed by atoms with Gasteiger partial charge in [0, 0.05) is 24.1 Å². The molecule has 0 saturated heterocycles. The van der Waals surface area contributed by atoms with Gasteiger partial charge in [-0.25, -0.2) is 13.8 Å². The molecular formula is C44H39F2N5O2. The third kappa shape index (κ3) is 5.96. The largest absolute Gasteiger partial charge is 0.469 e. The molecule has 3 fully saturated rings. The minimum absolute atomic E-state index is 0.0319. The molecule has 9 rings (SSSR count). The highest BCUT2D eigenvalue weighted by Gasteiger charge is 2.49. The Morgan fingerprint density at radius 2 is 1.43 bits per heavy atom. The van der Waals surface area contributed by atoms with Crippen molar-refractivity contribution in [1.82, 2.24) is 9.97 Å². The van der Waals surface area contributed by atoms with Crippen molar-refractivity contribution >= 4 is 17.5 Å². The number of esters is 1. The predicted octanol–water partition coefficient (Wildman–Crippen LogP) is 8.38. The van der Waals surface area contributed by atoms with Crippen LogP contribution in [0, 0.1) is 40.7 Å². The number of nitriles is 1. The fraction of sp³-hybridized carbons (Fsp3) is 0.295. The van der Waals surface area contributed by atoms with Crippen LogP contribution in [0.25, 0.3) is 0 Å². The normalized spacial score (nSPS) is 22.2. The molecule has 2 aromatic heterocycles. The Balaban J connectivity index is 1.30. The van der Waals surface area contributed by atoms with Crippen LogP contribution in [0.15, 0.2) is 114 Å². The molecule has 9 heteroatoms. The van der Waals surface area contributed by atoms with Crippen LogP contribution in [-0.4, -0.2) is 41.3 Å². The number of rotatable bonds is 8. The lowest BCUT2D eigenvalue weighted by molar-refractivity contribution is -0.152. The standard InChI is InChI=1S/C44H39F2N5O2/c1-53-43(52)37-27-17-19-28(20-18-27)38(37)50-42-36(46)23-29(25-47)39(51-42)41-34-24-33(45)26-49-40(34)35(21-22-48-41)44(30-11-5-2-6-12-30,31-13-7-3-8-14-31)32-15-9-4-10-16-32/h2-16,23-24,26-28,35,37-38H,17-22H2,1H3,(H,50,51). The van der Waals surface area contributed by atoms with E-state index in [2.05, 4.69) is 47.8 Å². The van der Waals surface area contributed by atoms with E-state index in [1.807, 2.05) is 54.6 Å². The first-order chi connectivity index (χ1) is 25.9. The van der Waals surface area contributed by atoms with Crippen molar-refractivity contribution in [3.8, 4) is 6.07 Å². The number of aliphatic imine (C=N–C) groups is 1. The van der Waals surface area contributed by atoms with Gasteiger partial charge >= 0.3 is 5.97 Å². The number of carbonyl (C=O) groups excluding carboxylic acids is 1. The number of benzene rings is 3. The number of hydrogen-bond donors (Lipinski definition) is 1. The van der Waals surface area contributed by atoms with E-state index >= 15 is 8.78 Å². The second-order valence-corrected chi connectivity index (χ2v) is 14.3. The van der Waals surface area contributed by atoms with Crippen LogP contribution in [0.2, 0.25) is 0 Å². The maximum absolute atomic E-state index is 15.9. The van der Waals surface area contributed by atoms with Crippen LogP contribution in [-0.2, 0) is 14.9 Å². The molecule has 5 aromatic rings. The highest BCUT2D eigenvalue weighted by Crippen LogP contribution is 2.52. The first kappa shape index (κ1) is 34.3. The molecule has 2 bridgehead atoms. The number of nitrogens with one attached hydrogen (secondary N) is 1. The van der Waals surface area contributed by atoms with Gasteiger partial charge in [-0.05, 0) is 72.8 Å². The number of halogens is 2. The van der Waals surface area contributed by atoms with E-state index < -0.39 is 23.0 Å². The maximum Gasteiger partial charge on any atom is 0.311 e. The zero-order valence-corrected chi connectivity index (χ0v) is 29.4. The van der Waals surface area contributed by atoms with Crippen molar-refractivity contribution in [1.29, 1.82) is 5.26 Å². The van der Waals surface area contributed by atoms with Crippen LogP contribution in [0.1, 0.15) is 77.2 Å². The van der Waals surface area contributed by atoms with Crippen LogP contribution >= 0.6 is 0 Å². The number of methoxy groups -OCH3 is 1. The third-order valence-corrected chi connectivity index (χ3v) is 11.7. The van der Waals surface area contributed by atoms with Crippen molar-refractivity contribution in [2.45, 2.75) is 49.5 Å². The second-order valence-electron chi connectivity index (χ2n) is 14.3. The molecule has 0 spiro atoms. The molecule has 4 aliphatic rings. The SMILES string of the molecule is COC(=O)C1C2CCC(CC2)C1Nc1nc(C2=NCCC(C(c3ccccc3)(c3ccccc3)c3ccccc3)c3ncc(F)cc32)c(C#N)cc1F. The Hall–Kier alpha value is -5.75. The van der Waals surface area contributed by atoms with Crippen molar-refractivity contribution in [2.24, 2.45) is 22.7 Å². The summed E-state index contributed by atoms with van der Waals surface area (Å²) in [5.41, 5.74) is 3.69. The highest BCUT2D eigenvalue weighted by molar-refractivity contribution is 6.14. The van der Waals surface area contributed by atoms with Gasteiger partial charge in [-0.1, -0.05) is 91.0 Å². The van der Waals surface area contributed by atoms with E-state index in [4.69, 9.17) is 19.7 Å². The average molecular weight is 708 g/mol. The van der Waals surface area contributed by atoms with E-state index in [-0.39, 0.29) is 52.6 Å². The van der Waals surface area contributed by atoms with E-state index in [1.165, 1.54) is 19.4 Å². The molecular weight excluding hydrogens is 669 g/mol. The summed E-state index contributed by atoms with van der Waals surface area (Å²) in [5.74, 6) is -2.20. The summed E-state index contributed by atoms with van der Waals surface area (Å²) < 4.78 is 36.6. The molecule has 53 heavy (non-hydrogen) atoms. The van der Waals surface area contributed by atoms with Crippen molar-refractivity contribution < 1.29 is 18.3 Å². The molecule has 7 nitrogen and oxygen atoms in total. The summed E-state index contributed by atoms with van der Waals surface area (Å²) in [7, 11) is 1.38. The first-order valence-electron chi connectivity index (χ1n) is 18.3. The number of anilines is 1. The number of hydrogen-bond acceptors (Lipinski definition) is 7. The average Bonchev–Trinajstić information content (AvgIpc) is 3.39. The molecule has 1 N–H and O–H groups in total. The maximum atomic E-state index is 15.9. The molecule has 266 valence electrons. The van der Waals surface area contributed by atoms with Crippen molar-refractivity contribution in [2.75, 3.05) is 19.0 Å². The number of ether oxygens (including phenoxy) is 1. The Kier molecular flexibility index (Phi) is 9.30. The van der Waals surface area contributed by atoms with Crippen molar-refractivity contribution in [3.63, 3.8) is 0 Å². The lowest BCUT2D eigenvalue weighted by Gasteiger charge is -2.47. The number of nitrogens with zero attached hydrogens (tertiary/aromatic N) is 4. The molecule has 1 aliphatic heterocycles. The number of fused-ring (bicyclic) bond motifs is 4. The van der Waals surface area contributed by atoms with Gasteiger partial charge in [0.2, 0.25) is 0 Å². The number of aromatic nitrogens is 2. The number of pyridine rings is 2. The first-order valence-corrected chi connectivity index (χ1v) is 18.3. The van der Waals surface area contributed by atoms with Crippen LogP contribution < -0.4 is 5.32 Å². The minimum atomic E-state index is -0.779. The summed E-state index contributed by atoms with van der Waals surface area (Å²) in [6.45, 7) is 0.301. The van der Waals surface area contributed by atoms with Crippen LogP contribution in [0.3, 0.4) is 0 Å². The fourth-order valence-corrected chi connectivity index (χ4v) is 9.42. The van der Waals surface area contributed by atoms with Crippen LogP contribution in [0.5, 0.6) is 0 Å². The lowest BCUT2D eigenvalue weighted by atomic mass is 9.59. The Morgan fingerprint density at radius 1 is 0.849 bits per heavy atom. The Bertz CT molecular complexity index is 2100. The second kappa shape index (κ2) is 14.3. The highest BCUT2D eigenvalue weighted by atomic mass is 19.1. The zero-order chi connectivity index (χ0) is 36.5. The van der Waals surface area contributed by atoms with E-state index in [9.17, 15) is 10.1 Å². The van der Waals surface area contributed by atoms with E-state index in [0.29, 0.717) is 24.2 Å². The summed E-state index contributed by atoms with van der Waals surface area (Å²) in [6, 6.07) is 35.1. The fourth-order valence-electron chi connectivity index (χ4n) is 9.42. The molecule has 0 radical (unpaired) electrons. The Morgan fingerprint density at radius 3 is 2.00 bits per heavy atom. The molecule has 3 heterocycles. The molecule has 3 aliphatic carbocycles. The quantitative estimate of drug-likeness (QED) is 0.129.